The van der Waals surface area contributed by atoms with Gasteiger partial charge in [0.2, 0.25) is 76.8 Å². The van der Waals surface area contributed by atoms with Crippen LogP contribution in [0.2, 0.25) is 5.02 Å². The SMILES string of the molecule is CC[C@H](C)[C@@H]1NC(=O)[C@H](C)N(C)C(=O)C[C@@H](C(=O)N2CCCCC2)N(C)C(=O)[C@@H](C(C)C)N(C)C(=O)[C@H](COC)NC(=O)[C@H](CC(=O)N2CC(F)(F)C2)N(C)C(=O)[C@H](CCc2ccc(C(F)(F)F)c(Cl)c2)NC(=O)CN(C)C(=O)[C@H](CC2CCCCC2)N(C)C(=O)CN(C)C(=O)CN(C)C1=O. The van der Waals surface area contributed by atoms with Crippen LogP contribution in [-0.4, -0.2) is 296 Å². The van der Waals surface area contributed by atoms with E-state index in [9.17, 15) is 65.1 Å². The van der Waals surface area contributed by atoms with Crippen LogP contribution in [0.25, 0.3) is 0 Å². The topological polar surface area (TPSA) is 300 Å². The second-order valence-corrected chi connectivity index (χ2v) is 28.3. The molecule has 1 saturated carbocycles. The lowest BCUT2D eigenvalue weighted by Crippen LogP contribution is -2.63. The van der Waals surface area contributed by atoms with E-state index >= 15 is 19.2 Å². The summed E-state index contributed by atoms with van der Waals surface area (Å²) in [4.78, 5) is 200. The Balaban J connectivity index is 1.64. The molecule has 1 aliphatic carbocycles. The van der Waals surface area contributed by atoms with Gasteiger partial charge in [0.05, 0.1) is 62.8 Å². The van der Waals surface area contributed by atoms with Gasteiger partial charge in [0.15, 0.2) is 0 Å². The predicted octanol–water partition coefficient (Wildman–Crippen LogP) is 2.88. The van der Waals surface area contributed by atoms with Crippen LogP contribution in [0.15, 0.2) is 18.2 Å². The summed E-state index contributed by atoms with van der Waals surface area (Å²) in [6, 6.07) is -9.51. The number of aryl methyl sites for hydroxylation is 1. The van der Waals surface area contributed by atoms with Gasteiger partial charge in [0.25, 0.3) is 5.92 Å². The largest absolute Gasteiger partial charge is 0.417 e. The fourth-order valence-corrected chi connectivity index (χ4v) is 13.4. The van der Waals surface area contributed by atoms with Crippen molar-refractivity contribution in [3.8, 4) is 0 Å². The molecule has 0 unspecified atom stereocenters. The van der Waals surface area contributed by atoms with Gasteiger partial charge in [-0.3, -0.25) is 62.3 Å². The molecule has 3 N–H and O–H groups in total. The van der Waals surface area contributed by atoms with Gasteiger partial charge in [0.1, 0.15) is 48.3 Å². The summed E-state index contributed by atoms with van der Waals surface area (Å²) in [6.07, 6.45) is -0.741. The number of carbonyl (C=O) groups is 13. The Hall–Kier alpha value is -7.77. The summed E-state index contributed by atoms with van der Waals surface area (Å²) in [7, 11) is 11.3. The number of piperidine rings is 1. The molecule has 3 aliphatic heterocycles. The second-order valence-electron chi connectivity index (χ2n) is 27.9. The third-order valence-corrected chi connectivity index (χ3v) is 20.3. The summed E-state index contributed by atoms with van der Waals surface area (Å²) >= 11 is 6.10. The van der Waals surface area contributed by atoms with Crippen molar-refractivity contribution in [2.45, 2.75) is 185 Å². The summed E-state index contributed by atoms with van der Waals surface area (Å²) < 4.78 is 75.7. The molecule has 4 aliphatic rings. The van der Waals surface area contributed by atoms with Crippen LogP contribution >= 0.6 is 11.6 Å². The number of benzene rings is 1. The highest BCUT2D eigenvalue weighted by Crippen LogP contribution is 2.36. The van der Waals surface area contributed by atoms with Gasteiger partial charge in [-0.05, 0) is 80.9 Å². The molecule has 101 heavy (non-hydrogen) atoms. The van der Waals surface area contributed by atoms with Crippen molar-refractivity contribution in [3.05, 3.63) is 34.3 Å². The fourth-order valence-electron chi connectivity index (χ4n) is 13.1. The van der Waals surface area contributed by atoms with Crippen molar-refractivity contribution in [3.63, 3.8) is 0 Å². The zero-order chi connectivity index (χ0) is 75.9. The molecule has 5 rings (SSSR count). The van der Waals surface area contributed by atoms with Crippen LogP contribution in [-0.2, 0) is 79.7 Å². The molecular formula is C68H103ClF5N13O14. The fraction of sp³-hybridized carbons (Fsp3) is 0.721. The van der Waals surface area contributed by atoms with Crippen molar-refractivity contribution in [1.29, 1.82) is 0 Å². The zero-order valence-electron chi connectivity index (χ0n) is 60.6. The standard InChI is InChI=1S/C68H103ClF5N13O14/c1-15-41(4)57-65(99)80(8)35-55(91)78(6)36-56(92)82(10)50(31-43-22-18-16-19-23-43)63(97)79(7)34-52(88)75-47(27-25-44-24-26-45(46(69)30-44)68(72,73)74)61(95)83(11)49(32-54(90)87-38-67(70,71)39-87)60(94)76-48(37-101-14)62(96)85(13)58(40(2)3)66(100)84(12)51(64(98)86-28-20-17-21-29-86)33-53(89)81(9)42(5)59(93)77-57/h24,26,30,40-43,47-51,57-58H,15-23,25,27-29,31-39H2,1-14H3,(H,75,88)(H,76,94)(H,77,93)/t41-,42-,47-,48-,49-,50-,51-,57-,58+/m0/s1. The van der Waals surface area contributed by atoms with E-state index in [4.69, 9.17) is 16.3 Å². The number of ether oxygens (including phenoxy) is 1. The molecule has 566 valence electrons. The maximum Gasteiger partial charge on any atom is 0.417 e. The third kappa shape index (κ3) is 22.4. The number of likely N-dealkylation sites (N-methyl/N-ethyl adjacent to an activating group) is 8. The van der Waals surface area contributed by atoms with E-state index in [0.717, 1.165) is 89.0 Å². The van der Waals surface area contributed by atoms with Crippen LogP contribution in [0.4, 0.5) is 22.0 Å². The van der Waals surface area contributed by atoms with E-state index in [1.54, 1.807) is 27.7 Å². The average Bonchev–Trinajstić information content (AvgIpc) is 0.803. The number of hydrogen-bond acceptors (Lipinski definition) is 14. The van der Waals surface area contributed by atoms with Crippen LogP contribution < -0.4 is 16.0 Å². The molecule has 27 nitrogen and oxygen atoms in total. The molecule has 1 aromatic carbocycles. The van der Waals surface area contributed by atoms with E-state index in [0.29, 0.717) is 38.2 Å². The molecule has 4 fully saturated rings. The molecule has 13 amide bonds. The number of carbonyl (C=O) groups excluding carboxylic acids is 13. The van der Waals surface area contributed by atoms with Gasteiger partial charge in [-0.2, -0.15) is 13.2 Å². The summed E-state index contributed by atoms with van der Waals surface area (Å²) in [5, 5.41) is 7.10. The Morgan fingerprint density at radius 3 is 1.79 bits per heavy atom. The Morgan fingerprint density at radius 2 is 1.23 bits per heavy atom. The Bertz CT molecular complexity index is 3170. The number of amides is 13. The molecule has 9 atom stereocenters. The van der Waals surface area contributed by atoms with Crippen molar-refractivity contribution >= 4 is 88.4 Å². The number of nitrogens with zero attached hydrogens (tertiary/aromatic N) is 10. The van der Waals surface area contributed by atoms with Gasteiger partial charge in [-0.15, -0.1) is 0 Å². The molecular weight excluding hydrogens is 1350 g/mol. The first-order chi connectivity index (χ1) is 47.2. The number of rotatable bonds is 13. The summed E-state index contributed by atoms with van der Waals surface area (Å²) in [6.45, 7) is 3.90. The lowest BCUT2D eigenvalue weighted by molar-refractivity contribution is -0.168. The number of nitrogens with one attached hydrogen (secondary N) is 3. The maximum atomic E-state index is 15.2. The monoisotopic (exact) mass is 1460 g/mol. The van der Waals surface area contributed by atoms with E-state index in [1.165, 1.54) is 68.3 Å². The van der Waals surface area contributed by atoms with E-state index in [1.807, 2.05) is 0 Å². The van der Waals surface area contributed by atoms with Gasteiger partial charge >= 0.3 is 6.18 Å². The number of likely N-dealkylation sites (tertiary alicyclic amines) is 2. The first kappa shape index (κ1) is 83.9. The van der Waals surface area contributed by atoms with Gasteiger partial charge in [0, 0.05) is 76.6 Å². The zero-order valence-corrected chi connectivity index (χ0v) is 61.4. The highest BCUT2D eigenvalue weighted by atomic mass is 35.5. The van der Waals surface area contributed by atoms with Gasteiger partial charge in [-0.25, -0.2) is 8.78 Å². The molecule has 3 saturated heterocycles. The lowest BCUT2D eigenvalue weighted by Gasteiger charge is -2.40. The summed E-state index contributed by atoms with van der Waals surface area (Å²) in [5.41, 5.74) is -1.03. The second kappa shape index (κ2) is 36.9. The molecule has 0 aromatic heterocycles. The third-order valence-electron chi connectivity index (χ3n) is 20.0. The van der Waals surface area contributed by atoms with E-state index < -0.39 is 218 Å². The normalized spacial score (nSPS) is 25.9. The number of halogens is 6. The average molecular weight is 1460 g/mol. The Labute approximate surface area is 593 Å². The van der Waals surface area contributed by atoms with E-state index in [-0.39, 0.29) is 37.4 Å². The van der Waals surface area contributed by atoms with Crippen LogP contribution in [0, 0.1) is 17.8 Å². The number of methoxy groups -OCH3 is 1. The van der Waals surface area contributed by atoms with E-state index in [2.05, 4.69) is 16.0 Å². The minimum Gasteiger partial charge on any atom is -0.382 e. The smallest absolute Gasteiger partial charge is 0.382 e. The lowest BCUT2D eigenvalue weighted by atomic mass is 9.84. The van der Waals surface area contributed by atoms with Gasteiger partial charge < -0.3 is 69.7 Å². The number of alkyl halides is 5. The molecule has 0 bridgehead atoms. The minimum absolute atomic E-state index is 0.0620. The highest BCUT2D eigenvalue weighted by molar-refractivity contribution is 6.31. The maximum absolute atomic E-state index is 15.2. The Kier molecular flexibility index (Phi) is 30.6. The Morgan fingerprint density at radius 1 is 0.644 bits per heavy atom. The van der Waals surface area contributed by atoms with Crippen LogP contribution in [0.5, 0.6) is 0 Å². The summed E-state index contributed by atoms with van der Waals surface area (Å²) in [5.74, 6) is -16.0. The minimum atomic E-state index is -4.85. The first-order valence-corrected chi connectivity index (χ1v) is 34.8. The highest BCUT2D eigenvalue weighted by Gasteiger charge is 2.49. The predicted molar refractivity (Wildman–Crippen MR) is 360 cm³/mol. The van der Waals surface area contributed by atoms with Gasteiger partial charge in [-0.1, -0.05) is 83.9 Å². The molecule has 33 heteroatoms. The van der Waals surface area contributed by atoms with Crippen LogP contribution in [0.1, 0.15) is 129 Å². The van der Waals surface area contributed by atoms with Crippen molar-refractivity contribution < 1.29 is 89.0 Å². The van der Waals surface area contributed by atoms with Crippen molar-refractivity contribution in [2.24, 2.45) is 17.8 Å². The quantitative estimate of drug-likeness (QED) is 0.240. The van der Waals surface area contributed by atoms with Crippen LogP contribution in [0.3, 0.4) is 0 Å². The first-order valence-electron chi connectivity index (χ1n) is 34.4. The molecule has 0 radical (unpaired) electrons. The number of hydrogen-bond donors (Lipinski definition) is 3. The molecule has 3 heterocycles. The molecule has 0 spiro atoms. The molecule has 1 aromatic rings. The van der Waals surface area contributed by atoms with Crippen molar-refractivity contribution in [2.75, 3.05) is 116 Å². The van der Waals surface area contributed by atoms with Crippen molar-refractivity contribution in [1.82, 2.24) is 64.9 Å².